The second kappa shape index (κ2) is 20.6. The van der Waals surface area contributed by atoms with E-state index in [1.54, 1.807) is 42.5 Å². The molecule has 28 nitrogen and oxygen atoms in total. The number of azide groups is 1. The Hall–Kier alpha value is -6.38. The Morgan fingerprint density at radius 3 is 2.31 bits per heavy atom. The van der Waals surface area contributed by atoms with Crippen molar-refractivity contribution < 1.29 is 71.6 Å². The van der Waals surface area contributed by atoms with Crippen LogP contribution in [-0.4, -0.2) is 121 Å². The van der Waals surface area contributed by atoms with E-state index in [1.165, 1.54) is 23.0 Å². The van der Waals surface area contributed by atoms with Crippen molar-refractivity contribution in [1.29, 1.82) is 0 Å². The topological polar surface area (TPSA) is 416 Å². The molecule has 0 bridgehead atoms. The summed E-state index contributed by atoms with van der Waals surface area (Å²) < 4.78 is 60.8. The highest BCUT2D eigenvalue weighted by atomic mass is 31.2. The van der Waals surface area contributed by atoms with Crippen LogP contribution >= 0.6 is 15.4 Å². The summed E-state index contributed by atoms with van der Waals surface area (Å²) in [4.78, 5) is 88.8. The Morgan fingerprint density at radius 2 is 1.61 bits per heavy atom. The molecule has 67 heavy (non-hydrogen) atoms. The average Bonchev–Trinajstić information content (AvgIpc) is 3.97. The molecule has 5 aromatic rings. The van der Waals surface area contributed by atoms with Gasteiger partial charge in [0, 0.05) is 16.8 Å². The number of anilines is 2. The largest absolute Gasteiger partial charge is 0.469 e. The van der Waals surface area contributed by atoms with Crippen molar-refractivity contribution in [2.24, 2.45) is 5.11 Å². The molecule has 2 fully saturated rings. The number of hydrogen-bond acceptors (Lipinski definition) is 20. The molecule has 0 aliphatic carbocycles. The van der Waals surface area contributed by atoms with Crippen molar-refractivity contribution in [3.05, 3.63) is 112 Å². The molecule has 7 rings (SSSR count). The van der Waals surface area contributed by atoms with Crippen molar-refractivity contribution in [1.82, 2.24) is 34.4 Å². The monoisotopic (exact) mass is 972 g/mol. The first kappa shape index (κ1) is 48.6. The number of amides is 1. The molecule has 0 radical (unpaired) electrons. The van der Waals surface area contributed by atoms with Gasteiger partial charge >= 0.3 is 33.2 Å². The van der Waals surface area contributed by atoms with Gasteiger partial charge in [-0.1, -0.05) is 59.7 Å². The SMILES string of the molecule is [N-]=[N+]=Nc1ccc(COC(=O)NC(CCc2ccccc2)C(=O)O[C@@H]2[C@@H](COP(=O)(O)[C@H]3[C@@H](O)[C@H](n4ccc(N)nc4=O)O[C@@H]3COP(=O)(O)O)OC(n3cnc4c(N)ncnc43)[C@@H]2O)cc1. The first-order chi connectivity index (χ1) is 31.9. The van der Waals surface area contributed by atoms with Gasteiger partial charge in [-0.2, -0.15) is 4.98 Å². The molecule has 3 unspecified atom stereocenters. The number of nitrogen functional groups attached to an aromatic ring is 2. The van der Waals surface area contributed by atoms with Gasteiger partial charge in [0.25, 0.3) is 0 Å². The summed E-state index contributed by atoms with van der Waals surface area (Å²) in [5.41, 5.74) is 18.9. The van der Waals surface area contributed by atoms with Crippen molar-refractivity contribution in [2.75, 3.05) is 24.7 Å². The van der Waals surface area contributed by atoms with Crippen molar-refractivity contribution in [2.45, 2.75) is 74.1 Å². The summed E-state index contributed by atoms with van der Waals surface area (Å²) in [7, 11) is -10.6. The van der Waals surface area contributed by atoms with Crippen LogP contribution in [0, 0.1) is 0 Å². The summed E-state index contributed by atoms with van der Waals surface area (Å²) in [6.45, 7) is -2.33. The third-order valence-corrected chi connectivity index (χ3v) is 12.9. The van der Waals surface area contributed by atoms with Crippen LogP contribution in [0.4, 0.5) is 22.1 Å². The zero-order chi connectivity index (χ0) is 48.0. The number of nitrogens with zero attached hydrogens (tertiary/aromatic N) is 9. The van der Waals surface area contributed by atoms with Gasteiger partial charge in [0.2, 0.25) is 0 Å². The third kappa shape index (κ3) is 11.6. The first-order valence-corrected chi connectivity index (χ1v) is 23.0. The molecule has 10 N–H and O–H groups in total. The molecule has 0 saturated carbocycles. The minimum absolute atomic E-state index is 0.0327. The molecule has 10 atom stereocenters. The highest BCUT2D eigenvalue weighted by Gasteiger charge is 2.56. The van der Waals surface area contributed by atoms with Gasteiger partial charge in [-0.15, -0.1) is 0 Å². The lowest BCUT2D eigenvalue weighted by Crippen LogP contribution is -2.47. The number of benzene rings is 2. The maximum atomic E-state index is 14.2. The number of aliphatic hydroxyl groups excluding tert-OH is 2. The van der Waals surface area contributed by atoms with Crippen molar-refractivity contribution >= 4 is 56.0 Å². The maximum absolute atomic E-state index is 14.2. The van der Waals surface area contributed by atoms with Gasteiger partial charge < -0.3 is 65.1 Å². The van der Waals surface area contributed by atoms with Crippen molar-refractivity contribution in [3.8, 4) is 0 Å². The normalized spacial score (nSPS) is 24.1. The quantitative estimate of drug-likeness (QED) is 0.0201. The Morgan fingerprint density at radius 1 is 0.910 bits per heavy atom. The molecule has 2 aliphatic rings. The fraction of sp³-hybridized carbons (Fsp3) is 0.378. The fourth-order valence-electron chi connectivity index (χ4n) is 7.31. The number of carbonyl (C=O) groups is 2. The summed E-state index contributed by atoms with van der Waals surface area (Å²) in [5.74, 6) is -1.35. The second-order valence-corrected chi connectivity index (χ2v) is 18.2. The number of rotatable bonds is 18. The number of phosphoric acid groups is 1. The van der Waals surface area contributed by atoms with E-state index in [1.807, 2.05) is 0 Å². The number of hydrogen-bond donors (Lipinski definition) is 8. The molecule has 2 aromatic carbocycles. The van der Waals surface area contributed by atoms with E-state index in [-0.39, 0.29) is 42.2 Å². The van der Waals surface area contributed by atoms with Gasteiger partial charge in [0.1, 0.15) is 60.4 Å². The van der Waals surface area contributed by atoms with E-state index in [2.05, 4.69) is 39.8 Å². The minimum Gasteiger partial charge on any atom is -0.455 e. The molecule has 2 aliphatic heterocycles. The molecular formula is C37H42N12O16P2. The minimum atomic E-state index is -5.32. The number of aromatic nitrogens is 6. The number of ether oxygens (including phenoxy) is 4. The van der Waals surface area contributed by atoms with Crippen LogP contribution in [0.1, 0.15) is 30.0 Å². The standard InChI is InChI=1S/C37H42N12O16P2/c38-25-12-13-48(36(53)45-25)34-28(51)30(24(64-34)16-62-67(57,58)59)66(55,56)61-15-23-29(27(50)33(63-23)49-18-43-26-31(39)41-17-42-32(26)49)65-35(52)22(11-8-19-4-2-1-3-5-19)44-37(54)60-14-20-6-9-21(10-7-20)46-47-40/h1-7,9-10,12-13,17-18,22-24,27-30,33-34,50-51H,8,11,14-16H2,(H,44,54)(H,55,56)(H2,38,45,53)(H2,39,41,42)(H2,57,58,59)/t22?,23-,24-,27-,28-,29-,30-,33?,34-/m1/s1. The lowest BCUT2D eigenvalue weighted by atomic mass is 10.0. The zero-order valence-corrected chi connectivity index (χ0v) is 36.3. The molecule has 0 spiro atoms. The number of nitrogens with two attached hydrogens (primary N) is 2. The zero-order valence-electron chi connectivity index (χ0n) is 34.5. The average molecular weight is 973 g/mol. The number of aryl methyl sites for hydroxylation is 1. The van der Waals surface area contributed by atoms with E-state index < -0.39 is 101 Å². The Kier molecular flexibility index (Phi) is 15.0. The smallest absolute Gasteiger partial charge is 0.455 e. The van der Waals surface area contributed by atoms with Crippen LogP contribution in [0.5, 0.6) is 0 Å². The van der Waals surface area contributed by atoms with Crippen LogP contribution in [0.3, 0.4) is 0 Å². The first-order valence-electron chi connectivity index (χ1n) is 19.9. The second-order valence-electron chi connectivity index (χ2n) is 14.9. The molecule has 2 saturated heterocycles. The van der Waals surface area contributed by atoms with Crippen LogP contribution in [0.2, 0.25) is 0 Å². The molecule has 5 heterocycles. The predicted octanol–water partition coefficient (Wildman–Crippen LogP) is 1.23. The van der Waals surface area contributed by atoms with E-state index in [9.17, 15) is 48.4 Å². The van der Waals surface area contributed by atoms with E-state index in [0.717, 1.165) is 28.7 Å². The van der Waals surface area contributed by atoms with Crippen molar-refractivity contribution in [3.63, 3.8) is 0 Å². The molecule has 3 aromatic heterocycles. The van der Waals surface area contributed by atoms with Gasteiger partial charge in [0.05, 0.1) is 19.5 Å². The third-order valence-electron chi connectivity index (χ3n) is 10.5. The maximum Gasteiger partial charge on any atom is 0.469 e. The molecule has 30 heteroatoms. The summed E-state index contributed by atoms with van der Waals surface area (Å²) in [5, 5.41) is 29.2. The van der Waals surface area contributed by atoms with Crippen LogP contribution in [-0.2, 0) is 54.9 Å². The number of aliphatic hydroxyl groups is 2. The predicted molar refractivity (Wildman–Crippen MR) is 227 cm³/mol. The van der Waals surface area contributed by atoms with Gasteiger partial charge in [-0.3, -0.25) is 18.2 Å². The highest BCUT2D eigenvalue weighted by molar-refractivity contribution is 7.53. The lowest BCUT2D eigenvalue weighted by Gasteiger charge is -2.27. The number of phosphoric ester groups is 1. The highest BCUT2D eigenvalue weighted by Crippen LogP contribution is 2.56. The molecular weight excluding hydrogens is 930 g/mol. The van der Waals surface area contributed by atoms with Crippen LogP contribution in [0.25, 0.3) is 21.6 Å². The van der Waals surface area contributed by atoms with Gasteiger partial charge in [-0.05, 0) is 35.6 Å². The number of alkyl carbamates (subject to hydrolysis) is 1. The molecule has 1 amide bonds. The van der Waals surface area contributed by atoms with Crippen LogP contribution < -0.4 is 22.5 Å². The number of nitrogens with one attached hydrogen (secondary N) is 1. The summed E-state index contributed by atoms with van der Waals surface area (Å²) in [6.07, 6.45) is -9.92. The van der Waals surface area contributed by atoms with Gasteiger partial charge in [0.15, 0.2) is 30.0 Å². The Labute approximate surface area is 376 Å². The number of carbonyl (C=O) groups excluding carboxylic acids is 2. The van der Waals surface area contributed by atoms with Crippen LogP contribution in [0.15, 0.2) is 89.4 Å². The van der Waals surface area contributed by atoms with E-state index in [0.29, 0.717) is 11.3 Å². The lowest BCUT2D eigenvalue weighted by molar-refractivity contribution is -0.159. The number of esters is 1. The summed E-state index contributed by atoms with van der Waals surface area (Å²) >= 11 is 0. The molecule has 356 valence electrons. The van der Waals surface area contributed by atoms with E-state index >= 15 is 0 Å². The van der Waals surface area contributed by atoms with Gasteiger partial charge in [-0.25, -0.2) is 33.9 Å². The number of fused-ring (bicyclic) bond motifs is 1. The number of imidazole rings is 1. The summed E-state index contributed by atoms with van der Waals surface area (Å²) in [6, 6.07) is 14.7. The Bertz CT molecular complexity index is 2780. The van der Waals surface area contributed by atoms with E-state index in [4.69, 9.17) is 40.5 Å². The fourth-order valence-corrected chi connectivity index (χ4v) is 9.29. The Balaban J connectivity index is 1.14.